The molecule has 1 fully saturated rings. The molecule has 0 spiro atoms. The number of rotatable bonds is 6. The van der Waals surface area contributed by atoms with E-state index >= 15 is 0 Å². The van der Waals surface area contributed by atoms with Crippen LogP contribution in [0.2, 0.25) is 0 Å². The van der Waals surface area contributed by atoms with Crippen LogP contribution in [-0.2, 0) is 0 Å². The third kappa shape index (κ3) is 7.52. The monoisotopic (exact) mass is 283 g/mol. The van der Waals surface area contributed by atoms with E-state index in [4.69, 9.17) is 0 Å². The van der Waals surface area contributed by atoms with Crippen LogP contribution in [0.15, 0.2) is 0 Å². The third-order valence-corrected chi connectivity index (χ3v) is 4.12. The lowest BCUT2D eigenvalue weighted by Crippen LogP contribution is -2.36. The molecule has 0 bridgehead atoms. The van der Waals surface area contributed by atoms with Gasteiger partial charge in [0.2, 0.25) is 0 Å². The molecule has 0 aromatic rings. The fourth-order valence-electron chi connectivity index (χ4n) is 2.79. The topological polar surface area (TPSA) is 12.0 Å². The number of alkyl halides is 3. The highest BCUT2D eigenvalue weighted by molar-refractivity contribution is 8.00. The van der Waals surface area contributed by atoms with Crippen LogP contribution < -0.4 is 5.32 Å². The Morgan fingerprint density at radius 3 is 2.61 bits per heavy atom. The summed E-state index contributed by atoms with van der Waals surface area (Å²) in [6.45, 7) is 4.93. The van der Waals surface area contributed by atoms with E-state index in [1.54, 1.807) is 0 Å². The molecule has 2 unspecified atom stereocenters. The summed E-state index contributed by atoms with van der Waals surface area (Å²) in [6, 6.07) is 0.427. The van der Waals surface area contributed by atoms with Gasteiger partial charge in [-0.05, 0) is 42.9 Å². The Labute approximate surface area is 112 Å². The minimum atomic E-state index is -4.09. The van der Waals surface area contributed by atoms with Crippen LogP contribution in [0.5, 0.6) is 0 Å². The number of hydrogen-bond acceptors (Lipinski definition) is 2. The molecule has 1 saturated carbocycles. The Morgan fingerprint density at radius 2 is 2.00 bits per heavy atom. The first-order valence-electron chi connectivity index (χ1n) is 6.81. The molecule has 0 heterocycles. The van der Waals surface area contributed by atoms with Crippen LogP contribution in [0.3, 0.4) is 0 Å². The highest BCUT2D eigenvalue weighted by atomic mass is 32.2. The SMILES string of the molecule is CC(C)CC1CCCC(NCCSC(F)(F)F)C1. The van der Waals surface area contributed by atoms with E-state index in [0.29, 0.717) is 12.6 Å². The summed E-state index contributed by atoms with van der Waals surface area (Å²) in [6.07, 6.45) is 5.99. The van der Waals surface area contributed by atoms with Gasteiger partial charge in [-0.15, -0.1) is 0 Å². The van der Waals surface area contributed by atoms with Gasteiger partial charge in [0.15, 0.2) is 0 Å². The van der Waals surface area contributed by atoms with Crippen molar-refractivity contribution in [2.45, 2.75) is 57.5 Å². The van der Waals surface area contributed by atoms with Crippen molar-refractivity contribution in [1.82, 2.24) is 5.32 Å². The number of hydrogen-bond donors (Lipinski definition) is 1. The summed E-state index contributed by atoms with van der Waals surface area (Å²) in [5, 5.41) is 3.28. The van der Waals surface area contributed by atoms with Gasteiger partial charge in [0.05, 0.1) is 0 Å². The lowest BCUT2D eigenvalue weighted by atomic mass is 9.81. The summed E-state index contributed by atoms with van der Waals surface area (Å²) in [4.78, 5) is 0. The maximum atomic E-state index is 12.0. The zero-order chi connectivity index (χ0) is 13.6. The van der Waals surface area contributed by atoms with Crippen molar-refractivity contribution in [2.75, 3.05) is 12.3 Å². The van der Waals surface area contributed by atoms with Crippen molar-refractivity contribution in [3.63, 3.8) is 0 Å². The molecule has 1 aliphatic carbocycles. The highest BCUT2D eigenvalue weighted by Gasteiger charge is 2.28. The maximum absolute atomic E-state index is 12.0. The first-order chi connectivity index (χ1) is 8.37. The van der Waals surface area contributed by atoms with Gasteiger partial charge >= 0.3 is 5.51 Å². The van der Waals surface area contributed by atoms with Crippen molar-refractivity contribution in [3.05, 3.63) is 0 Å². The van der Waals surface area contributed by atoms with Gasteiger partial charge in [0.25, 0.3) is 0 Å². The molecule has 5 heteroatoms. The lowest BCUT2D eigenvalue weighted by molar-refractivity contribution is -0.0327. The molecule has 1 nitrogen and oxygen atoms in total. The number of nitrogens with one attached hydrogen (secondary N) is 1. The van der Waals surface area contributed by atoms with Gasteiger partial charge in [0.1, 0.15) is 0 Å². The molecule has 0 aromatic carbocycles. The molecule has 0 amide bonds. The molecule has 0 aliphatic heterocycles. The molecule has 0 radical (unpaired) electrons. The number of halogens is 3. The van der Waals surface area contributed by atoms with E-state index in [2.05, 4.69) is 19.2 Å². The van der Waals surface area contributed by atoms with Gasteiger partial charge < -0.3 is 5.32 Å². The Kier molecular flexibility index (Phi) is 6.85. The number of thioether (sulfide) groups is 1. The minimum absolute atomic E-state index is 0.0711. The summed E-state index contributed by atoms with van der Waals surface area (Å²) >= 11 is 0.0711. The van der Waals surface area contributed by atoms with E-state index in [9.17, 15) is 13.2 Å². The zero-order valence-electron chi connectivity index (χ0n) is 11.2. The second-order valence-electron chi connectivity index (χ2n) is 5.61. The fourth-order valence-corrected chi connectivity index (χ4v) is 3.24. The molecule has 0 saturated heterocycles. The molecular formula is C13H24F3NS. The van der Waals surface area contributed by atoms with Gasteiger partial charge in [0, 0.05) is 18.3 Å². The molecule has 0 aromatic heterocycles. The Morgan fingerprint density at radius 1 is 1.28 bits per heavy atom. The summed E-state index contributed by atoms with van der Waals surface area (Å²) < 4.78 is 35.9. The first kappa shape index (κ1) is 16.2. The predicted octanol–water partition coefficient (Wildman–Crippen LogP) is 4.43. The van der Waals surface area contributed by atoms with Gasteiger partial charge in [-0.3, -0.25) is 0 Å². The standard InChI is InChI=1S/C13H24F3NS/c1-10(2)8-11-4-3-5-12(9-11)17-6-7-18-13(14,15)16/h10-12,17H,3-9H2,1-2H3. The van der Waals surface area contributed by atoms with Crippen LogP contribution in [0.1, 0.15) is 46.0 Å². The summed E-state index contributed by atoms with van der Waals surface area (Å²) in [5.41, 5.74) is -4.09. The van der Waals surface area contributed by atoms with E-state index < -0.39 is 5.51 Å². The Hall–Kier alpha value is 0.100. The van der Waals surface area contributed by atoms with Crippen molar-refractivity contribution in [3.8, 4) is 0 Å². The molecule has 1 rings (SSSR count). The smallest absolute Gasteiger partial charge is 0.313 e. The fraction of sp³-hybridized carbons (Fsp3) is 1.00. The Bertz CT molecular complexity index is 231. The lowest BCUT2D eigenvalue weighted by Gasteiger charge is -2.31. The van der Waals surface area contributed by atoms with Crippen LogP contribution in [0.25, 0.3) is 0 Å². The second-order valence-corrected chi connectivity index (χ2v) is 6.77. The third-order valence-electron chi connectivity index (χ3n) is 3.39. The van der Waals surface area contributed by atoms with E-state index in [0.717, 1.165) is 24.7 Å². The average Bonchev–Trinajstić information content (AvgIpc) is 2.23. The largest absolute Gasteiger partial charge is 0.441 e. The van der Waals surface area contributed by atoms with E-state index in [-0.39, 0.29) is 17.5 Å². The van der Waals surface area contributed by atoms with Crippen molar-refractivity contribution in [1.29, 1.82) is 0 Å². The van der Waals surface area contributed by atoms with Crippen LogP contribution in [0, 0.1) is 11.8 Å². The van der Waals surface area contributed by atoms with Gasteiger partial charge in [-0.25, -0.2) is 0 Å². The molecule has 18 heavy (non-hydrogen) atoms. The Balaban J connectivity index is 2.14. The summed E-state index contributed by atoms with van der Waals surface area (Å²) in [5.74, 6) is 1.59. The molecule has 1 N–H and O–H groups in total. The molecular weight excluding hydrogens is 259 g/mol. The average molecular weight is 283 g/mol. The summed E-state index contributed by atoms with van der Waals surface area (Å²) in [7, 11) is 0. The van der Waals surface area contributed by atoms with Crippen LogP contribution >= 0.6 is 11.8 Å². The van der Waals surface area contributed by atoms with Gasteiger partial charge in [-0.2, -0.15) is 13.2 Å². The van der Waals surface area contributed by atoms with Crippen molar-refractivity contribution in [2.24, 2.45) is 11.8 Å². The van der Waals surface area contributed by atoms with Crippen LogP contribution in [-0.4, -0.2) is 23.8 Å². The zero-order valence-corrected chi connectivity index (χ0v) is 12.0. The van der Waals surface area contributed by atoms with Gasteiger partial charge in [-0.1, -0.05) is 26.7 Å². The van der Waals surface area contributed by atoms with E-state index in [1.165, 1.54) is 19.3 Å². The van der Waals surface area contributed by atoms with Crippen LogP contribution in [0.4, 0.5) is 13.2 Å². The first-order valence-corrected chi connectivity index (χ1v) is 7.79. The second kappa shape index (κ2) is 7.63. The molecule has 1 aliphatic rings. The quantitative estimate of drug-likeness (QED) is 0.724. The predicted molar refractivity (Wildman–Crippen MR) is 71.7 cm³/mol. The highest BCUT2D eigenvalue weighted by Crippen LogP contribution is 2.31. The maximum Gasteiger partial charge on any atom is 0.441 e. The molecule has 2 atom stereocenters. The normalized spacial score (nSPS) is 25.7. The van der Waals surface area contributed by atoms with Crippen molar-refractivity contribution < 1.29 is 13.2 Å². The van der Waals surface area contributed by atoms with E-state index in [1.807, 2.05) is 0 Å². The minimum Gasteiger partial charge on any atom is -0.313 e. The van der Waals surface area contributed by atoms with Crippen molar-refractivity contribution >= 4 is 11.8 Å². The molecule has 108 valence electrons.